The number of nitro benzene ring substituents is 1. The highest BCUT2D eigenvalue weighted by Gasteiger charge is 2.20. The number of carbonyl (C=O) groups is 1. The van der Waals surface area contributed by atoms with Crippen molar-refractivity contribution in [3.05, 3.63) is 81.4 Å². The largest absolute Gasteiger partial charge is 0.337 e. The molecular formula is C21H23N3O3. The van der Waals surface area contributed by atoms with Gasteiger partial charge in [-0.2, -0.15) is 0 Å². The summed E-state index contributed by atoms with van der Waals surface area (Å²) in [5, 5.41) is 10.8. The quantitative estimate of drug-likeness (QED) is 0.463. The van der Waals surface area contributed by atoms with Crippen molar-refractivity contribution in [2.24, 2.45) is 0 Å². The summed E-state index contributed by atoms with van der Waals surface area (Å²) in [6.07, 6.45) is 3.13. The molecule has 1 amide bonds. The zero-order chi connectivity index (χ0) is 19.2. The highest BCUT2D eigenvalue weighted by atomic mass is 16.6. The Morgan fingerprint density at radius 1 is 1.11 bits per heavy atom. The van der Waals surface area contributed by atoms with Gasteiger partial charge in [0.25, 0.3) is 5.69 Å². The van der Waals surface area contributed by atoms with Crippen LogP contribution in [0.2, 0.25) is 0 Å². The number of amides is 1. The third kappa shape index (κ3) is 5.01. The van der Waals surface area contributed by atoms with Gasteiger partial charge < -0.3 is 4.90 Å². The summed E-state index contributed by atoms with van der Waals surface area (Å²) < 4.78 is 0. The molecule has 140 valence electrons. The van der Waals surface area contributed by atoms with E-state index in [1.807, 2.05) is 11.0 Å². The molecule has 0 radical (unpaired) electrons. The topological polar surface area (TPSA) is 66.7 Å². The zero-order valence-corrected chi connectivity index (χ0v) is 15.4. The minimum atomic E-state index is -0.438. The van der Waals surface area contributed by atoms with Gasteiger partial charge in [0.2, 0.25) is 5.91 Å². The SMILES string of the molecule is Cc1ccccc1CN1CCN(C(=O)/C=C/c2cccc([N+](=O)[O-])c2)CC1. The lowest BCUT2D eigenvalue weighted by Crippen LogP contribution is -2.47. The molecule has 0 spiro atoms. The molecule has 0 bridgehead atoms. The lowest BCUT2D eigenvalue weighted by Gasteiger charge is -2.34. The number of non-ortho nitro benzene ring substituents is 1. The zero-order valence-electron chi connectivity index (χ0n) is 15.4. The smallest absolute Gasteiger partial charge is 0.270 e. The van der Waals surface area contributed by atoms with Gasteiger partial charge in [0, 0.05) is 50.9 Å². The Balaban J connectivity index is 1.53. The molecule has 0 unspecified atom stereocenters. The van der Waals surface area contributed by atoms with E-state index in [0.717, 1.165) is 19.6 Å². The summed E-state index contributed by atoms with van der Waals surface area (Å²) in [4.78, 5) is 27.0. The summed E-state index contributed by atoms with van der Waals surface area (Å²) in [5.41, 5.74) is 3.28. The molecule has 1 heterocycles. The standard InChI is InChI=1S/C21H23N3O3/c1-17-5-2-3-7-19(17)16-22-11-13-23(14-12-22)21(25)10-9-18-6-4-8-20(15-18)24(26)27/h2-10,15H,11-14,16H2,1H3/b10-9+. The van der Waals surface area contributed by atoms with E-state index in [2.05, 4.69) is 30.0 Å². The second kappa shape index (κ2) is 8.60. The van der Waals surface area contributed by atoms with Crippen molar-refractivity contribution in [3.63, 3.8) is 0 Å². The number of benzene rings is 2. The van der Waals surface area contributed by atoms with Crippen LogP contribution in [0.1, 0.15) is 16.7 Å². The fourth-order valence-electron chi connectivity index (χ4n) is 3.17. The molecule has 1 aliphatic heterocycles. The Hall–Kier alpha value is -2.99. The normalized spacial score (nSPS) is 15.2. The Morgan fingerprint density at radius 3 is 2.56 bits per heavy atom. The molecule has 0 atom stereocenters. The second-order valence-electron chi connectivity index (χ2n) is 6.71. The summed E-state index contributed by atoms with van der Waals surface area (Å²) >= 11 is 0. The summed E-state index contributed by atoms with van der Waals surface area (Å²) in [7, 11) is 0. The Morgan fingerprint density at radius 2 is 1.85 bits per heavy atom. The minimum absolute atomic E-state index is 0.0226. The van der Waals surface area contributed by atoms with Gasteiger partial charge in [-0.1, -0.05) is 36.4 Å². The number of aryl methyl sites for hydroxylation is 1. The third-order valence-electron chi connectivity index (χ3n) is 4.84. The molecule has 1 aliphatic rings. The molecule has 3 rings (SSSR count). The predicted molar refractivity (Wildman–Crippen MR) is 105 cm³/mol. The first-order valence-electron chi connectivity index (χ1n) is 9.01. The van der Waals surface area contributed by atoms with Gasteiger partial charge in [-0.15, -0.1) is 0 Å². The van der Waals surface area contributed by atoms with E-state index in [0.29, 0.717) is 18.7 Å². The number of piperazine rings is 1. The molecule has 2 aromatic rings. The van der Waals surface area contributed by atoms with Crippen LogP contribution in [0.3, 0.4) is 0 Å². The Kier molecular flexibility index (Phi) is 5.98. The van der Waals surface area contributed by atoms with E-state index in [1.165, 1.54) is 29.3 Å². The van der Waals surface area contributed by atoms with E-state index in [-0.39, 0.29) is 11.6 Å². The van der Waals surface area contributed by atoms with Gasteiger partial charge >= 0.3 is 0 Å². The van der Waals surface area contributed by atoms with Crippen LogP contribution in [-0.4, -0.2) is 46.8 Å². The number of hydrogen-bond donors (Lipinski definition) is 0. The first-order chi connectivity index (χ1) is 13.0. The molecule has 0 aromatic heterocycles. The lowest BCUT2D eigenvalue weighted by atomic mass is 10.1. The summed E-state index contributed by atoms with van der Waals surface area (Å²) in [5.74, 6) is -0.0583. The van der Waals surface area contributed by atoms with Crippen LogP contribution in [0, 0.1) is 17.0 Å². The molecule has 6 heteroatoms. The van der Waals surface area contributed by atoms with Crippen LogP contribution in [0.4, 0.5) is 5.69 Å². The lowest BCUT2D eigenvalue weighted by molar-refractivity contribution is -0.384. The molecule has 27 heavy (non-hydrogen) atoms. The third-order valence-corrected chi connectivity index (χ3v) is 4.84. The molecule has 0 N–H and O–H groups in total. The number of nitro groups is 1. The van der Waals surface area contributed by atoms with Crippen molar-refractivity contribution in [1.82, 2.24) is 9.80 Å². The fourth-order valence-corrected chi connectivity index (χ4v) is 3.17. The molecule has 2 aromatic carbocycles. The van der Waals surface area contributed by atoms with E-state index in [9.17, 15) is 14.9 Å². The summed E-state index contributed by atoms with van der Waals surface area (Å²) in [6.45, 7) is 6.06. The van der Waals surface area contributed by atoms with E-state index in [4.69, 9.17) is 0 Å². The van der Waals surface area contributed by atoms with Crippen molar-refractivity contribution in [3.8, 4) is 0 Å². The highest BCUT2D eigenvalue weighted by Crippen LogP contribution is 2.15. The van der Waals surface area contributed by atoms with Crippen molar-refractivity contribution in [1.29, 1.82) is 0 Å². The number of rotatable bonds is 5. The summed E-state index contributed by atoms with van der Waals surface area (Å²) in [6, 6.07) is 14.6. The van der Waals surface area contributed by atoms with Gasteiger partial charge in [0.1, 0.15) is 0 Å². The maximum atomic E-state index is 12.4. The van der Waals surface area contributed by atoms with Crippen molar-refractivity contribution in [2.45, 2.75) is 13.5 Å². The van der Waals surface area contributed by atoms with Gasteiger partial charge in [-0.05, 0) is 29.7 Å². The average Bonchev–Trinajstić information content (AvgIpc) is 2.68. The van der Waals surface area contributed by atoms with Crippen molar-refractivity contribution in [2.75, 3.05) is 26.2 Å². The van der Waals surface area contributed by atoms with E-state index >= 15 is 0 Å². The van der Waals surface area contributed by atoms with Crippen LogP contribution in [0.25, 0.3) is 6.08 Å². The first kappa shape index (κ1) is 18.8. The van der Waals surface area contributed by atoms with Crippen LogP contribution >= 0.6 is 0 Å². The van der Waals surface area contributed by atoms with Crippen molar-refractivity contribution < 1.29 is 9.72 Å². The monoisotopic (exact) mass is 365 g/mol. The second-order valence-corrected chi connectivity index (χ2v) is 6.71. The predicted octanol–water partition coefficient (Wildman–Crippen LogP) is 3.26. The maximum absolute atomic E-state index is 12.4. The molecule has 1 fully saturated rings. The van der Waals surface area contributed by atoms with Crippen LogP contribution in [0.15, 0.2) is 54.6 Å². The van der Waals surface area contributed by atoms with E-state index < -0.39 is 4.92 Å². The van der Waals surface area contributed by atoms with Gasteiger partial charge in [-0.3, -0.25) is 19.8 Å². The van der Waals surface area contributed by atoms with Crippen LogP contribution in [0.5, 0.6) is 0 Å². The Labute approximate surface area is 158 Å². The van der Waals surface area contributed by atoms with E-state index in [1.54, 1.807) is 18.2 Å². The average molecular weight is 365 g/mol. The molecule has 0 aliphatic carbocycles. The molecular weight excluding hydrogens is 342 g/mol. The van der Waals surface area contributed by atoms with Crippen LogP contribution < -0.4 is 0 Å². The number of carbonyl (C=O) groups excluding carboxylic acids is 1. The highest BCUT2D eigenvalue weighted by molar-refractivity contribution is 5.91. The minimum Gasteiger partial charge on any atom is -0.337 e. The van der Waals surface area contributed by atoms with Gasteiger partial charge in [0.15, 0.2) is 0 Å². The molecule has 6 nitrogen and oxygen atoms in total. The molecule has 0 saturated carbocycles. The fraction of sp³-hybridized carbons (Fsp3) is 0.286. The molecule has 1 saturated heterocycles. The maximum Gasteiger partial charge on any atom is 0.270 e. The Bertz CT molecular complexity index is 855. The number of hydrogen-bond acceptors (Lipinski definition) is 4. The first-order valence-corrected chi connectivity index (χ1v) is 9.01. The number of nitrogens with zero attached hydrogens (tertiary/aromatic N) is 3. The van der Waals surface area contributed by atoms with Crippen LogP contribution in [-0.2, 0) is 11.3 Å². The van der Waals surface area contributed by atoms with Gasteiger partial charge in [0.05, 0.1) is 4.92 Å². The van der Waals surface area contributed by atoms with Crippen molar-refractivity contribution >= 4 is 17.7 Å². The van der Waals surface area contributed by atoms with Gasteiger partial charge in [-0.25, -0.2) is 0 Å².